The van der Waals surface area contributed by atoms with E-state index in [1.807, 2.05) is 6.92 Å². The van der Waals surface area contributed by atoms with Crippen LogP contribution < -0.4 is 11.1 Å². The van der Waals surface area contributed by atoms with Gasteiger partial charge >= 0.3 is 0 Å². The summed E-state index contributed by atoms with van der Waals surface area (Å²) in [6.07, 6.45) is 1.09. The van der Waals surface area contributed by atoms with Crippen molar-refractivity contribution in [2.75, 3.05) is 26.2 Å². The molecule has 1 aromatic rings. The fraction of sp³-hybridized carbons (Fsp3) is 0.533. The molecule has 0 radical (unpaired) electrons. The molecule has 0 unspecified atom stereocenters. The van der Waals surface area contributed by atoms with E-state index in [-0.39, 0.29) is 11.8 Å². The Bertz CT molecular complexity index is 605. The lowest BCUT2D eigenvalue weighted by Crippen LogP contribution is -2.43. The van der Waals surface area contributed by atoms with Gasteiger partial charge < -0.3 is 11.1 Å². The Balaban J connectivity index is 1.98. The Morgan fingerprint density at radius 1 is 1.27 bits per heavy atom. The van der Waals surface area contributed by atoms with Crippen LogP contribution in [0.3, 0.4) is 0 Å². The van der Waals surface area contributed by atoms with Crippen molar-refractivity contribution in [3.05, 3.63) is 29.8 Å². The monoisotopic (exact) mass is 325 g/mol. The molecular weight excluding hydrogens is 302 g/mol. The Morgan fingerprint density at radius 2 is 1.86 bits per heavy atom. The largest absolute Gasteiger partial charge is 0.355 e. The smallest absolute Gasteiger partial charge is 0.243 e. The summed E-state index contributed by atoms with van der Waals surface area (Å²) in [5.41, 5.74) is 6.38. The summed E-state index contributed by atoms with van der Waals surface area (Å²) in [5.74, 6) is -0.158. The van der Waals surface area contributed by atoms with Crippen molar-refractivity contribution in [3.8, 4) is 0 Å². The van der Waals surface area contributed by atoms with E-state index >= 15 is 0 Å². The van der Waals surface area contributed by atoms with Crippen molar-refractivity contribution >= 4 is 15.9 Å². The minimum atomic E-state index is -3.46. The van der Waals surface area contributed by atoms with Gasteiger partial charge in [-0.1, -0.05) is 17.7 Å². The molecule has 1 aliphatic heterocycles. The van der Waals surface area contributed by atoms with Crippen LogP contribution in [-0.4, -0.2) is 44.8 Å². The van der Waals surface area contributed by atoms with Gasteiger partial charge in [-0.25, -0.2) is 8.42 Å². The molecule has 0 aliphatic carbocycles. The number of amides is 1. The molecule has 0 aromatic heterocycles. The second kappa shape index (κ2) is 7.21. The molecule has 1 heterocycles. The van der Waals surface area contributed by atoms with E-state index in [2.05, 4.69) is 5.32 Å². The molecule has 22 heavy (non-hydrogen) atoms. The molecular formula is C15H23N3O3S. The maximum absolute atomic E-state index is 12.6. The Morgan fingerprint density at radius 3 is 2.41 bits per heavy atom. The average Bonchev–Trinajstić information content (AvgIpc) is 2.53. The van der Waals surface area contributed by atoms with Crippen molar-refractivity contribution in [2.24, 2.45) is 11.7 Å². The van der Waals surface area contributed by atoms with Crippen LogP contribution in [0.1, 0.15) is 18.4 Å². The van der Waals surface area contributed by atoms with Crippen molar-refractivity contribution in [1.82, 2.24) is 9.62 Å². The van der Waals surface area contributed by atoms with Gasteiger partial charge in [-0.15, -0.1) is 0 Å². The number of nitrogens with zero attached hydrogens (tertiary/aromatic N) is 1. The summed E-state index contributed by atoms with van der Waals surface area (Å²) >= 11 is 0. The maximum Gasteiger partial charge on any atom is 0.243 e. The molecule has 1 amide bonds. The molecule has 0 saturated carbocycles. The van der Waals surface area contributed by atoms with Gasteiger partial charge in [-0.2, -0.15) is 4.31 Å². The SMILES string of the molecule is Cc1ccc(S(=O)(=O)N2CCC(C(=O)NCCN)CC2)cc1. The summed E-state index contributed by atoms with van der Waals surface area (Å²) in [5, 5.41) is 2.76. The number of hydrogen-bond donors (Lipinski definition) is 2. The van der Waals surface area contributed by atoms with Crippen molar-refractivity contribution in [3.63, 3.8) is 0 Å². The molecule has 122 valence electrons. The van der Waals surface area contributed by atoms with Gasteiger partial charge in [0, 0.05) is 32.1 Å². The van der Waals surface area contributed by atoms with Crippen LogP contribution in [0.2, 0.25) is 0 Å². The molecule has 3 N–H and O–H groups in total. The zero-order valence-corrected chi connectivity index (χ0v) is 13.6. The third-order valence-corrected chi connectivity index (χ3v) is 5.84. The number of benzene rings is 1. The lowest BCUT2D eigenvalue weighted by atomic mass is 9.97. The van der Waals surface area contributed by atoms with E-state index in [4.69, 9.17) is 5.73 Å². The molecule has 0 atom stereocenters. The second-order valence-electron chi connectivity index (χ2n) is 5.57. The zero-order valence-electron chi connectivity index (χ0n) is 12.8. The normalized spacial score (nSPS) is 17.4. The summed E-state index contributed by atoms with van der Waals surface area (Å²) in [7, 11) is -3.46. The van der Waals surface area contributed by atoms with Crippen LogP contribution in [0, 0.1) is 12.8 Å². The number of piperidine rings is 1. The summed E-state index contributed by atoms with van der Waals surface area (Å²) in [6.45, 7) is 3.53. The number of carbonyl (C=O) groups excluding carboxylic acids is 1. The van der Waals surface area contributed by atoms with Crippen LogP contribution in [0.5, 0.6) is 0 Å². The lowest BCUT2D eigenvalue weighted by molar-refractivity contribution is -0.126. The van der Waals surface area contributed by atoms with Gasteiger partial charge in [0.2, 0.25) is 15.9 Å². The average molecular weight is 325 g/mol. The third-order valence-electron chi connectivity index (χ3n) is 3.93. The molecule has 7 heteroatoms. The molecule has 1 aromatic carbocycles. The van der Waals surface area contributed by atoms with Crippen LogP contribution in [0.15, 0.2) is 29.2 Å². The molecule has 6 nitrogen and oxygen atoms in total. The number of nitrogens with two attached hydrogens (primary N) is 1. The number of aryl methyl sites for hydroxylation is 1. The van der Waals surface area contributed by atoms with Gasteiger partial charge in [-0.3, -0.25) is 4.79 Å². The lowest BCUT2D eigenvalue weighted by Gasteiger charge is -2.30. The number of sulfonamides is 1. The first kappa shape index (κ1) is 16.9. The summed E-state index contributed by atoms with van der Waals surface area (Å²) in [4.78, 5) is 12.2. The van der Waals surface area contributed by atoms with Gasteiger partial charge in [0.1, 0.15) is 0 Å². The molecule has 1 fully saturated rings. The predicted molar refractivity (Wildman–Crippen MR) is 84.7 cm³/mol. The van der Waals surface area contributed by atoms with E-state index < -0.39 is 10.0 Å². The van der Waals surface area contributed by atoms with E-state index in [9.17, 15) is 13.2 Å². The van der Waals surface area contributed by atoms with Crippen LogP contribution >= 0.6 is 0 Å². The predicted octanol–water partition coefficient (Wildman–Crippen LogP) is 0.471. The van der Waals surface area contributed by atoms with E-state index in [0.717, 1.165) is 5.56 Å². The highest BCUT2D eigenvalue weighted by atomic mass is 32.2. The van der Waals surface area contributed by atoms with Crippen molar-refractivity contribution in [2.45, 2.75) is 24.7 Å². The highest BCUT2D eigenvalue weighted by molar-refractivity contribution is 7.89. The number of nitrogens with one attached hydrogen (secondary N) is 1. The Hall–Kier alpha value is -1.44. The first-order valence-electron chi connectivity index (χ1n) is 7.49. The van der Waals surface area contributed by atoms with Crippen LogP contribution in [0.4, 0.5) is 0 Å². The fourth-order valence-corrected chi connectivity index (χ4v) is 4.03. The molecule has 1 aliphatic rings. The molecule has 1 saturated heterocycles. The molecule has 2 rings (SSSR count). The van der Waals surface area contributed by atoms with E-state index in [0.29, 0.717) is 43.9 Å². The Labute approximate surface area is 131 Å². The number of hydrogen-bond acceptors (Lipinski definition) is 4. The summed E-state index contributed by atoms with van der Waals surface area (Å²) < 4.78 is 26.6. The molecule has 0 bridgehead atoms. The maximum atomic E-state index is 12.6. The summed E-state index contributed by atoms with van der Waals surface area (Å²) in [6, 6.07) is 6.84. The minimum Gasteiger partial charge on any atom is -0.355 e. The van der Waals surface area contributed by atoms with Crippen LogP contribution in [0.25, 0.3) is 0 Å². The van der Waals surface area contributed by atoms with Gasteiger partial charge in [0.25, 0.3) is 0 Å². The first-order chi connectivity index (χ1) is 10.4. The minimum absolute atomic E-state index is 0.0298. The number of carbonyl (C=O) groups is 1. The van der Waals surface area contributed by atoms with E-state index in [1.54, 1.807) is 24.3 Å². The van der Waals surface area contributed by atoms with E-state index in [1.165, 1.54) is 4.31 Å². The quantitative estimate of drug-likeness (QED) is 0.823. The zero-order chi connectivity index (χ0) is 16.2. The highest BCUT2D eigenvalue weighted by Gasteiger charge is 2.31. The first-order valence-corrected chi connectivity index (χ1v) is 8.94. The van der Waals surface area contributed by atoms with Gasteiger partial charge in [0.05, 0.1) is 4.90 Å². The Kier molecular flexibility index (Phi) is 5.55. The number of rotatable bonds is 5. The standard InChI is InChI=1S/C15H23N3O3S/c1-12-2-4-14(5-3-12)22(20,21)18-10-6-13(7-11-18)15(19)17-9-8-16/h2-5,13H,6-11,16H2,1H3,(H,17,19). The van der Waals surface area contributed by atoms with Crippen molar-refractivity contribution in [1.29, 1.82) is 0 Å². The second-order valence-corrected chi connectivity index (χ2v) is 7.51. The van der Waals surface area contributed by atoms with Gasteiger partial charge in [-0.05, 0) is 31.9 Å². The third kappa shape index (κ3) is 3.85. The highest BCUT2D eigenvalue weighted by Crippen LogP contribution is 2.24. The topological polar surface area (TPSA) is 92.5 Å². The van der Waals surface area contributed by atoms with Gasteiger partial charge in [0.15, 0.2) is 0 Å². The molecule has 0 spiro atoms. The van der Waals surface area contributed by atoms with Crippen molar-refractivity contribution < 1.29 is 13.2 Å². The van der Waals surface area contributed by atoms with Crippen LogP contribution in [-0.2, 0) is 14.8 Å². The fourth-order valence-electron chi connectivity index (χ4n) is 2.56.